The summed E-state index contributed by atoms with van der Waals surface area (Å²) < 4.78 is 7.62. The summed E-state index contributed by atoms with van der Waals surface area (Å²) in [4.78, 5) is 0. The van der Waals surface area contributed by atoms with Crippen LogP contribution in [0.4, 0.5) is 0 Å². The van der Waals surface area contributed by atoms with Crippen molar-refractivity contribution in [3.05, 3.63) is 23.9 Å². The first-order chi connectivity index (χ1) is 7.57. The molecule has 0 amide bonds. The van der Waals surface area contributed by atoms with E-state index in [9.17, 15) is 0 Å². The second-order valence-corrected chi connectivity index (χ2v) is 4.79. The summed E-state index contributed by atoms with van der Waals surface area (Å²) in [6.07, 6.45) is 0. The molecule has 0 unspecified atom stereocenters. The zero-order valence-corrected chi connectivity index (χ0v) is 9.53. The van der Waals surface area contributed by atoms with Gasteiger partial charge in [-0.15, -0.1) is 0 Å². The highest BCUT2D eigenvalue weighted by molar-refractivity contribution is 5.88. The average Bonchev–Trinajstić information content (AvgIpc) is 2.60. The largest absolute Gasteiger partial charge is 0.489 e. The predicted octanol–water partition coefficient (Wildman–Crippen LogP) is 1.62. The molecule has 0 atom stereocenters. The van der Waals surface area contributed by atoms with Crippen molar-refractivity contribution in [2.24, 2.45) is 5.73 Å². The number of rotatable bonds is 1. The van der Waals surface area contributed by atoms with Crippen molar-refractivity contribution in [3.63, 3.8) is 0 Å². The molecule has 84 valence electrons. The molecule has 1 aromatic heterocycles. The zero-order valence-electron chi connectivity index (χ0n) is 9.53. The van der Waals surface area contributed by atoms with E-state index in [0.717, 1.165) is 28.9 Å². The molecular weight excluding hydrogens is 202 g/mol. The minimum atomic E-state index is -0.424. The van der Waals surface area contributed by atoms with E-state index in [1.54, 1.807) is 0 Å². The molecule has 0 radical (unpaired) electrons. The van der Waals surface area contributed by atoms with Gasteiger partial charge in [0.2, 0.25) is 0 Å². The topological polar surface area (TPSA) is 53.1 Å². The lowest BCUT2D eigenvalue weighted by molar-refractivity contribution is 0.277. The maximum atomic E-state index is 6.14. The van der Waals surface area contributed by atoms with Gasteiger partial charge in [0.15, 0.2) is 0 Å². The van der Waals surface area contributed by atoms with Crippen molar-refractivity contribution in [3.8, 4) is 5.75 Å². The molecule has 16 heavy (non-hydrogen) atoms. The summed E-state index contributed by atoms with van der Waals surface area (Å²) in [5, 5.41) is 5.70. The number of hydrogen-bond donors (Lipinski definition) is 1. The molecular formula is C12H15N3O. The summed E-state index contributed by atoms with van der Waals surface area (Å²) in [6, 6.07) is 6.03. The fraction of sp³-hybridized carbons (Fsp3) is 0.417. The highest BCUT2D eigenvalue weighted by Crippen LogP contribution is 2.33. The molecule has 2 aromatic rings. The Morgan fingerprint density at radius 3 is 3.00 bits per heavy atom. The van der Waals surface area contributed by atoms with Crippen LogP contribution in [0.15, 0.2) is 18.2 Å². The summed E-state index contributed by atoms with van der Waals surface area (Å²) in [5.41, 5.74) is 7.73. The third-order valence-corrected chi connectivity index (χ3v) is 2.90. The van der Waals surface area contributed by atoms with Crippen molar-refractivity contribution in [2.75, 3.05) is 6.61 Å². The van der Waals surface area contributed by atoms with E-state index in [-0.39, 0.29) is 0 Å². The second-order valence-electron chi connectivity index (χ2n) is 4.79. The number of para-hydroxylation sites is 1. The predicted molar refractivity (Wildman–Crippen MR) is 62.4 cm³/mol. The highest BCUT2D eigenvalue weighted by atomic mass is 16.5. The lowest BCUT2D eigenvalue weighted by Gasteiger charge is -2.15. The van der Waals surface area contributed by atoms with Crippen LogP contribution in [0.2, 0.25) is 0 Å². The minimum absolute atomic E-state index is 0.424. The molecule has 2 N–H and O–H groups in total. The Bertz CT molecular complexity index is 551. The molecule has 0 saturated heterocycles. The Kier molecular flexibility index (Phi) is 1.80. The van der Waals surface area contributed by atoms with Gasteiger partial charge in [0, 0.05) is 5.39 Å². The molecule has 0 aliphatic carbocycles. The molecule has 1 aliphatic rings. The number of nitrogens with two attached hydrogens (primary N) is 1. The van der Waals surface area contributed by atoms with E-state index in [4.69, 9.17) is 10.5 Å². The van der Waals surface area contributed by atoms with E-state index >= 15 is 0 Å². The fourth-order valence-corrected chi connectivity index (χ4v) is 2.20. The molecule has 0 fully saturated rings. The first-order valence-electron chi connectivity index (χ1n) is 5.49. The van der Waals surface area contributed by atoms with Gasteiger partial charge in [-0.05, 0) is 19.9 Å². The number of ether oxygens (including phenoxy) is 1. The van der Waals surface area contributed by atoms with E-state index in [2.05, 4.69) is 11.2 Å². The Hall–Kier alpha value is -1.55. The fourth-order valence-electron chi connectivity index (χ4n) is 2.20. The third-order valence-electron chi connectivity index (χ3n) is 2.90. The average molecular weight is 217 g/mol. The van der Waals surface area contributed by atoms with Crippen LogP contribution in [0.1, 0.15) is 19.5 Å². The molecule has 0 bridgehead atoms. The Balaban J connectivity index is 2.39. The lowest BCUT2D eigenvalue weighted by atomic mass is 9.99. The second kappa shape index (κ2) is 2.98. The molecule has 4 heteroatoms. The lowest BCUT2D eigenvalue weighted by Crippen LogP contribution is -2.29. The summed E-state index contributed by atoms with van der Waals surface area (Å²) >= 11 is 0. The van der Waals surface area contributed by atoms with Gasteiger partial charge >= 0.3 is 0 Å². The van der Waals surface area contributed by atoms with Crippen LogP contribution in [0, 0.1) is 0 Å². The monoisotopic (exact) mass is 217 g/mol. The van der Waals surface area contributed by atoms with Crippen molar-refractivity contribution in [1.82, 2.24) is 9.78 Å². The van der Waals surface area contributed by atoms with Gasteiger partial charge in [-0.1, -0.05) is 12.1 Å². The van der Waals surface area contributed by atoms with Crippen LogP contribution < -0.4 is 10.5 Å². The summed E-state index contributed by atoms with van der Waals surface area (Å²) in [7, 11) is 0. The first kappa shape index (κ1) is 9.66. The van der Waals surface area contributed by atoms with Crippen LogP contribution in [0.25, 0.3) is 10.9 Å². The normalized spacial score (nSPS) is 15.2. The van der Waals surface area contributed by atoms with Crippen LogP contribution in [0.3, 0.4) is 0 Å². The van der Waals surface area contributed by atoms with E-state index < -0.39 is 5.54 Å². The molecule has 2 heterocycles. The summed E-state index contributed by atoms with van der Waals surface area (Å²) in [6.45, 7) is 5.43. The zero-order chi connectivity index (χ0) is 11.3. The van der Waals surface area contributed by atoms with E-state index in [1.165, 1.54) is 0 Å². The van der Waals surface area contributed by atoms with Crippen LogP contribution in [-0.4, -0.2) is 16.4 Å². The first-order valence-corrected chi connectivity index (χ1v) is 5.49. The van der Waals surface area contributed by atoms with Crippen LogP contribution in [-0.2, 0) is 12.1 Å². The number of nitrogens with zero attached hydrogens (tertiary/aromatic N) is 2. The molecule has 4 nitrogen and oxygen atoms in total. The smallest absolute Gasteiger partial charge is 0.145 e. The Labute approximate surface area is 94.0 Å². The SMILES string of the molecule is CC(C)(N)c1nn2c3c(cccc13)OCC2. The number of aromatic nitrogens is 2. The van der Waals surface area contributed by atoms with Gasteiger partial charge < -0.3 is 10.5 Å². The maximum absolute atomic E-state index is 6.14. The molecule has 1 aliphatic heterocycles. The van der Waals surface area contributed by atoms with Gasteiger partial charge in [-0.2, -0.15) is 5.10 Å². The minimum Gasteiger partial charge on any atom is -0.489 e. The Morgan fingerprint density at radius 2 is 2.25 bits per heavy atom. The van der Waals surface area contributed by atoms with Gasteiger partial charge in [-0.25, -0.2) is 0 Å². The number of benzene rings is 1. The summed E-state index contributed by atoms with van der Waals surface area (Å²) in [5.74, 6) is 0.909. The van der Waals surface area contributed by atoms with Gasteiger partial charge in [-0.3, -0.25) is 4.68 Å². The van der Waals surface area contributed by atoms with Crippen LogP contribution in [0.5, 0.6) is 5.75 Å². The molecule has 1 aromatic carbocycles. The third kappa shape index (κ3) is 1.23. The van der Waals surface area contributed by atoms with E-state index in [0.29, 0.717) is 6.61 Å². The quantitative estimate of drug-likeness (QED) is 0.789. The van der Waals surface area contributed by atoms with Gasteiger partial charge in [0.05, 0.1) is 17.8 Å². The van der Waals surface area contributed by atoms with Crippen molar-refractivity contribution >= 4 is 10.9 Å². The number of hydrogen-bond acceptors (Lipinski definition) is 3. The van der Waals surface area contributed by atoms with Crippen LogP contribution >= 0.6 is 0 Å². The van der Waals surface area contributed by atoms with Crippen molar-refractivity contribution < 1.29 is 4.74 Å². The van der Waals surface area contributed by atoms with Crippen molar-refractivity contribution in [1.29, 1.82) is 0 Å². The molecule has 3 rings (SSSR count). The maximum Gasteiger partial charge on any atom is 0.145 e. The van der Waals surface area contributed by atoms with Gasteiger partial charge in [0.25, 0.3) is 0 Å². The standard InChI is InChI=1S/C12H15N3O/c1-12(2,13)11-8-4-3-5-9-10(8)15(14-11)6-7-16-9/h3-5H,6-7,13H2,1-2H3. The Morgan fingerprint density at radius 1 is 1.44 bits per heavy atom. The van der Waals surface area contributed by atoms with Crippen molar-refractivity contribution in [2.45, 2.75) is 25.9 Å². The van der Waals surface area contributed by atoms with Gasteiger partial charge in [0.1, 0.15) is 17.9 Å². The molecule has 0 saturated carbocycles. The molecule has 0 spiro atoms. The van der Waals surface area contributed by atoms with E-state index in [1.807, 2.05) is 30.7 Å². The highest BCUT2D eigenvalue weighted by Gasteiger charge is 2.25.